The summed E-state index contributed by atoms with van der Waals surface area (Å²) in [6, 6.07) is 0. The van der Waals surface area contributed by atoms with Crippen LogP contribution in [-0.2, 0) is 18.8 Å². The van der Waals surface area contributed by atoms with E-state index in [0.29, 0.717) is 30.8 Å². The molecule has 9 atom stereocenters. The predicted octanol–water partition coefficient (Wildman–Crippen LogP) is 5.25. The van der Waals surface area contributed by atoms with Gasteiger partial charge >= 0.3 is 5.97 Å². The second-order valence-electron chi connectivity index (χ2n) is 14.6. The number of Topliss-reactive ketones (excluding diaryl/α,β-unsaturated/α-hetero) is 1. The van der Waals surface area contributed by atoms with Crippen LogP contribution in [-0.4, -0.2) is 54.7 Å². The standard InChI is InChI=1S/C29H50O6Si/c1-18(30)34-17-24(32)29(33)14-12-22-21-10-9-19-15-20(35-36(7,8)26(2,3)4)11-13-27(19,5)25(21)23(31)16-28(22,29)6/h19-23,25,31,33H,9-17H2,1-8H3/t19-,20-,21+,22+,23+,25-,27+,28+,29+/m1/s1. The number of carbonyl (C=O) groups is 2. The first kappa shape index (κ1) is 28.3. The van der Waals surface area contributed by atoms with Crippen molar-refractivity contribution in [3.63, 3.8) is 0 Å². The van der Waals surface area contributed by atoms with Gasteiger partial charge in [0.15, 0.2) is 14.9 Å². The molecule has 7 heteroatoms. The third-order valence-corrected chi connectivity index (χ3v) is 16.4. The van der Waals surface area contributed by atoms with E-state index in [1.165, 1.54) is 6.92 Å². The van der Waals surface area contributed by atoms with Gasteiger partial charge in [-0.3, -0.25) is 9.59 Å². The van der Waals surface area contributed by atoms with E-state index < -0.39 is 43.8 Å². The molecule has 0 spiro atoms. The van der Waals surface area contributed by atoms with E-state index in [-0.39, 0.29) is 22.3 Å². The van der Waals surface area contributed by atoms with Crippen molar-refractivity contribution in [1.82, 2.24) is 0 Å². The zero-order valence-corrected chi connectivity index (χ0v) is 24.9. The van der Waals surface area contributed by atoms with Crippen LogP contribution in [0.25, 0.3) is 0 Å². The summed E-state index contributed by atoms with van der Waals surface area (Å²) < 4.78 is 11.8. The molecule has 0 heterocycles. The monoisotopic (exact) mass is 522 g/mol. The van der Waals surface area contributed by atoms with Crippen LogP contribution in [0, 0.1) is 34.5 Å². The zero-order valence-electron chi connectivity index (χ0n) is 23.9. The molecule has 0 bridgehead atoms. The Morgan fingerprint density at radius 3 is 2.33 bits per heavy atom. The van der Waals surface area contributed by atoms with Crippen molar-refractivity contribution >= 4 is 20.1 Å². The van der Waals surface area contributed by atoms with Crippen LogP contribution in [0.4, 0.5) is 0 Å². The Hall–Kier alpha value is -0.763. The number of esters is 1. The van der Waals surface area contributed by atoms with Gasteiger partial charge in [0.25, 0.3) is 0 Å². The molecule has 4 aliphatic carbocycles. The Bertz CT molecular complexity index is 881. The molecule has 4 saturated carbocycles. The fourth-order valence-electron chi connectivity index (χ4n) is 8.79. The van der Waals surface area contributed by atoms with Crippen LogP contribution >= 0.6 is 0 Å². The first-order chi connectivity index (χ1) is 16.5. The molecule has 36 heavy (non-hydrogen) atoms. The van der Waals surface area contributed by atoms with Gasteiger partial charge in [0.2, 0.25) is 5.78 Å². The smallest absolute Gasteiger partial charge is 0.303 e. The van der Waals surface area contributed by atoms with Gasteiger partial charge < -0.3 is 19.4 Å². The van der Waals surface area contributed by atoms with Gasteiger partial charge in [0.05, 0.1) is 6.10 Å². The molecular formula is C29H50O6Si. The van der Waals surface area contributed by atoms with Gasteiger partial charge in [-0.1, -0.05) is 34.6 Å². The van der Waals surface area contributed by atoms with Crippen molar-refractivity contribution in [1.29, 1.82) is 0 Å². The van der Waals surface area contributed by atoms with Gasteiger partial charge in [-0.15, -0.1) is 0 Å². The SMILES string of the molecule is CC(=O)OCC(=O)[C@@]1(O)CC[C@H]2[C@@H]3CC[C@@H]4C[C@H](O[Si](C)(C)C(C)(C)C)CC[C@]4(C)[C@H]3[C@@H](O)C[C@@]21C. The number of rotatable bonds is 5. The first-order valence-corrected chi connectivity index (χ1v) is 17.1. The van der Waals surface area contributed by atoms with E-state index in [1.54, 1.807) is 0 Å². The van der Waals surface area contributed by atoms with Crippen LogP contribution in [0.5, 0.6) is 0 Å². The summed E-state index contributed by atoms with van der Waals surface area (Å²) >= 11 is 0. The Morgan fingerprint density at radius 1 is 1.06 bits per heavy atom. The summed E-state index contributed by atoms with van der Waals surface area (Å²) in [5.41, 5.74) is -2.19. The number of hydrogen-bond donors (Lipinski definition) is 2. The molecule has 4 aliphatic rings. The van der Waals surface area contributed by atoms with Crippen molar-refractivity contribution in [2.45, 2.75) is 129 Å². The number of fused-ring (bicyclic) bond motifs is 5. The molecule has 0 unspecified atom stereocenters. The molecule has 206 valence electrons. The topological polar surface area (TPSA) is 93.1 Å². The molecule has 6 nitrogen and oxygen atoms in total. The lowest BCUT2D eigenvalue weighted by atomic mass is 9.43. The summed E-state index contributed by atoms with van der Waals surface area (Å²) in [7, 11) is -1.83. The summed E-state index contributed by atoms with van der Waals surface area (Å²) in [4.78, 5) is 24.4. The highest BCUT2D eigenvalue weighted by Crippen LogP contribution is 2.68. The molecular weight excluding hydrogens is 472 g/mol. The van der Waals surface area contributed by atoms with Crippen molar-refractivity contribution in [2.24, 2.45) is 34.5 Å². The van der Waals surface area contributed by atoms with E-state index in [9.17, 15) is 19.8 Å². The molecule has 0 aliphatic heterocycles. The van der Waals surface area contributed by atoms with Crippen LogP contribution in [0.2, 0.25) is 18.1 Å². The van der Waals surface area contributed by atoms with Gasteiger partial charge in [-0.2, -0.15) is 0 Å². The van der Waals surface area contributed by atoms with Crippen molar-refractivity contribution in [3.05, 3.63) is 0 Å². The van der Waals surface area contributed by atoms with E-state index in [0.717, 1.165) is 38.5 Å². The molecule has 4 fully saturated rings. The van der Waals surface area contributed by atoms with E-state index >= 15 is 0 Å². The lowest BCUT2D eigenvalue weighted by Gasteiger charge is -2.63. The zero-order chi connectivity index (χ0) is 26.9. The predicted molar refractivity (Wildman–Crippen MR) is 142 cm³/mol. The maximum atomic E-state index is 13.1. The molecule has 0 radical (unpaired) electrons. The van der Waals surface area contributed by atoms with Gasteiger partial charge in [0, 0.05) is 18.4 Å². The highest BCUT2D eigenvalue weighted by molar-refractivity contribution is 6.74. The van der Waals surface area contributed by atoms with E-state index in [2.05, 4.69) is 40.8 Å². The fraction of sp³-hybridized carbons (Fsp3) is 0.931. The Kier molecular flexibility index (Phi) is 7.19. The lowest BCUT2D eigenvalue weighted by Crippen LogP contribution is -2.63. The largest absolute Gasteiger partial charge is 0.458 e. The van der Waals surface area contributed by atoms with Crippen LogP contribution in [0.3, 0.4) is 0 Å². The van der Waals surface area contributed by atoms with Crippen LogP contribution in [0.15, 0.2) is 0 Å². The van der Waals surface area contributed by atoms with Crippen molar-refractivity contribution in [3.8, 4) is 0 Å². The number of ether oxygens (including phenoxy) is 1. The lowest BCUT2D eigenvalue weighted by molar-refractivity contribution is -0.203. The highest BCUT2D eigenvalue weighted by atomic mass is 28.4. The summed E-state index contributed by atoms with van der Waals surface area (Å²) in [5.74, 6) is 0.275. The molecule has 2 N–H and O–H groups in total. The normalized spacial score (nSPS) is 44.8. The Balaban J connectivity index is 1.53. The van der Waals surface area contributed by atoms with Gasteiger partial charge in [0.1, 0.15) is 5.60 Å². The average Bonchev–Trinajstić information content (AvgIpc) is 3.02. The first-order valence-electron chi connectivity index (χ1n) is 14.2. The molecule has 0 saturated heterocycles. The van der Waals surface area contributed by atoms with Gasteiger partial charge in [-0.25, -0.2) is 0 Å². The van der Waals surface area contributed by atoms with Crippen molar-refractivity contribution in [2.75, 3.05) is 6.61 Å². The highest BCUT2D eigenvalue weighted by Gasteiger charge is 2.69. The van der Waals surface area contributed by atoms with Gasteiger partial charge in [-0.05, 0) is 98.6 Å². The minimum absolute atomic E-state index is 0.0550. The number of aliphatic hydroxyl groups excluding tert-OH is 1. The number of hydrogen-bond acceptors (Lipinski definition) is 6. The third-order valence-electron chi connectivity index (χ3n) is 11.8. The number of carbonyl (C=O) groups excluding carboxylic acids is 2. The second-order valence-corrected chi connectivity index (χ2v) is 19.4. The summed E-state index contributed by atoms with van der Waals surface area (Å²) in [6.07, 6.45) is 6.68. The maximum Gasteiger partial charge on any atom is 0.303 e. The third kappa shape index (κ3) is 4.34. The van der Waals surface area contributed by atoms with Crippen LogP contribution < -0.4 is 0 Å². The van der Waals surface area contributed by atoms with E-state index in [4.69, 9.17) is 9.16 Å². The average molecular weight is 523 g/mol. The molecule has 0 aromatic carbocycles. The van der Waals surface area contributed by atoms with E-state index in [1.807, 2.05) is 6.92 Å². The molecule has 0 aromatic rings. The fourth-order valence-corrected chi connectivity index (χ4v) is 10.2. The maximum absolute atomic E-state index is 13.1. The second kappa shape index (κ2) is 9.17. The number of aliphatic hydroxyl groups is 2. The Labute approximate surface area is 219 Å². The number of ketones is 1. The van der Waals surface area contributed by atoms with Crippen molar-refractivity contribution < 1.29 is 29.0 Å². The molecule has 4 rings (SSSR count). The Morgan fingerprint density at radius 2 is 1.72 bits per heavy atom. The van der Waals surface area contributed by atoms with Crippen LogP contribution in [0.1, 0.15) is 92.9 Å². The molecule has 0 amide bonds. The minimum atomic E-state index is -1.83. The quantitative estimate of drug-likeness (QED) is 0.378. The summed E-state index contributed by atoms with van der Waals surface area (Å²) in [5, 5.41) is 23.6. The summed E-state index contributed by atoms with van der Waals surface area (Å²) in [6.45, 7) is 16.8. The minimum Gasteiger partial charge on any atom is -0.458 e. The molecule has 0 aromatic heterocycles.